The zero-order chi connectivity index (χ0) is 29.1. The van der Waals surface area contributed by atoms with Gasteiger partial charge in [0.05, 0.1) is 7.11 Å². The lowest BCUT2D eigenvalue weighted by Gasteiger charge is -2.30. The topological polar surface area (TPSA) is 61.0 Å². The van der Waals surface area contributed by atoms with E-state index in [-0.39, 0.29) is 11.5 Å². The number of rotatable bonds is 10. The summed E-state index contributed by atoms with van der Waals surface area (Å²) >= 11 is 0. The molecule has 0 saturated carbocycles. The van der Waals surface area contributed by atoms with Crippen LogP contribution in [0.4, 0.5) is 5.69 Å². The van der Waals surface area contributed by atoms with Crippen molar-refractivity contribution in [2.75, 3.05) is 31.7 Å². The van der Waals surface area contributed by atoms with E-state index in [0.717, 1.165) is 77.1 Å². The molecule has 4 aromatic rings. The molecule has 2 aromatic heterocycles. The molecule has 0 aliphatic carbocycles. The highest BCUT2D eigenvalue weighted by atomic mass is 28.3. The number of fused-ring (bicyclic) bond motifs is 1. The minimum atomic E-state index is -1.25. The Labute approximate surface area is 244 Å². The van der Waals surface area contributed by atoms with Gasteiger partial charge in [-0.2, -0.15) is 9.61 Å². The van der Waals surface area contributed by atoms with E-state index in [0.29, 0.717) is 13.3 Å². The molecule has 0 spiro atoms. The first-order valence-corrected chi connectivity index (χ1v) is 18.6. The number of anilines is 1. The summed E-state index contributed by atoms with van der Waals surface area (Å²) in [5, 5.41) is 5.06. The fourth-order valence-corrected chi connectivity index (χ4v) is 6.56. The van der Waals surface area contributed by atoms with Crippen LogP contribution in [0.5, 0.6) is 5.75 Å². The molecule has 1 atom stereocenters. The van der Waals surface area contributed by atoms with Gasteiger partial charge in [0.25, 0.3) is 5.56 Å². The van der Waals surface area contributed by atoms with E-state index in [1.165, 1.54) is 6.42 Å². The van der Waals surface area contributed by atoms with Gasteiger partial charge in [-0.3, -0.25) is 4.79 Å². The van der Waals surface area contributed by atoms with Gasteiger partial charge in [-0.15, -0.1) is 0 Å². The quantitative estimate of drug-likeness (QED) is 0.152. The predicted octanol–water partition coefficient (Wildman–Crippen LogP) is 6.93. The number of aromatic nitrogens is 3. The Hall–Kier alpha value is -3.36. The van der Waals surface area contributed by atoms with Crippen molar-refractivity contribution in [3.63, 3.8) is 0 Å². The molecule has 1 unspecified atom stereocenters. The number of hydrogen-bond donors (Lipinski definition) is 0. The molecule has 1 aliphatic rings. The van der Waals surface area contributed by atoms with Gasteiger partial charge in [0.2, 0.25) is 0 Å². The van der Waals surface area contributed by atoms with Crippen molar-refractivity contribution < 1.29 is 9.47 Å². The molecule has 41 heavy (non-hydrogen) atoms. The van der Waals surface area contributed by atoms with E-state index in [4.69, 9.17) is 14.6 Å². The highest BCUT2D eigenvalue weighted by Crippen LogP contribution is 2.37. The molecule has 0 radical (unpaired) electrons. The number of hydrogen-bond acceptors (Lipinski definition) is 5. The van der Waals surface area contributed by atoms with Crippen LogP contribution in [0.1, 0.15) is 48.9 Å². The first-order valence-electron chi connectivity index (χ1n) is 14.9. The summed E-state index contributed by atoms with van der Waals surface area (Å²) in [4.78, 5) is 16.8. The maximum Gasteiger partial charge on any atom is 0.278 e. The fraction of sp³-hybridized carbons (Fsp3) is 0.455. The standard InChI is InChI=1S/C33H44N4O3Si/c1-24(26-15-17-28(39-3)18-16-26)29-25(2)36(23-40-21-22-41(4,5)6)32-31(35-19-11-8-12-20-35)30(34-37(32)33(29)38)27-13-9-7-10-14-27/h7,9-10,13-18,24H,8,11-12,19-23H2,1-6H3. The second-order valence-corrected chi connectivity index (χ2v) is 18.0. The van der Waals surface area contributed by atoms with E-state index < -0.39 is 8.07 Å². The summed E-state index contributed by atoms with van der Waals surface area (Å²) in [6, 6.07) is 19.3. The van der Waals surface area contributed by atoms with Crippen molar-refractivity contribution >= 4 is 19.4 Å². The Balaban J connectivity index is 1.72. The van der Waals surface area contributed by atoms with Crippen LogP contribution in [-0.4, -0.2) is 49.1 Å². The third-order valence-electron chi connectivity index (χ3n) is 8.29. The summed E-state index contributed by atoms with van der Waals surface area (Å²) in [6.45, 7) is 14.2. The van der Waals surface area contributed by atoms with Crippen molar-refractivity contribution in [2.45, 2.75) is 71.4 Å². The van der Waals surface area contributed by atoms with E-state index >= 15 is 0 Å². The number of benzene rings is 2. The van der Waals surface area contributed by atoms with Crippen LogP contribution >= 0.6 is 0 Å². The van der Waals surface area contributed by atoms with Crippen LogP contribution in [0.3, 0.4) is 0 Å². The summed E-state index contributed by atoms with van der Waals surface area (Å²) in [7, 11) is 0.416. The van der Waals surface area contributed by atoms with Gasteiger partial charge < -0.3 is 18.9 Å². The molecule has 1 fully saturated rings. The van der Waals surface area contributed by atoms with Gasteiger partial charge in [0, 0.05) is 50.5 Å². The zero-order valence-corrected chi connectivity index (χ0v) is 26.4. The summed E-state index contributed by atoms with van der Waals surface area (Å²) in [5.74, 6) is 0.668. The minimum absolute atomic E-state index is 0.0698. The smallest absolute Gasteiger partial charge is 0.278 e. The SMILES string of the molecule is COc1ccc(C(C)c2c(C)n(COCC[Si](C)(C)C)c3c(N4CCCCC4)c(-c4ccccc4)nn3c2=O)cc1. The molecular weight excluding hydrogens is 528 g/mol. The predicted molar refractivity (Wildman–Crippen MR) is 170 cm³/mol. The summed E-state index contributed by atoms with van der Waals surface area (Å²) in [5.41, 5.74) is 6.39. The fourth-order valence-electron chi connectivity index (χ4n) is 5.81. The molecule has 1 saturated heterocycles. The monoisotopic (exact) mass is 572 g/mol. The van der Waals surface area contributed by atoms with Crippen LogP contribution in [0, 0.1) is 6.92 Å². The molecule has 218 valence electrons. The lowest BCUT2D eigenvalue weighted by molar-refractivity contribution is 0.0874. The van der Waals surface area contributed by atoms with Gasteiger partial charge in [0.1, 0.15) is 23.9 Å². The molecule has 7 nitrogen and oxygen atoms in total. The highest BCUT2D eigenvalue weighted by Gasteiger charge is 2.29. The molecule has 2 aromatic carbocycles. The number of ether oxygens (including phenoxy) is 2. The molecule has 3 heterocycles. The molecule has 0 amide bonds. The minimum Gasteiger partial charge on any atom is -0.497 e. The van der Waals surface area contributed by atoms with Crippen LogP contribution < -0.4 is 15.2 Å². The summed E-state index contributed by atoms with van der Waals surface area (Å²) < 4.78 is 15.6. The van der Waals surface area contributed by atoms with E-state index in [1.807, 2.05) is 42.5 Å². The maximum atomic E-state index is 14.4. The lowest BCUT2D eigenvalue weighted by Crippen LogP contribution is -2.32. The first kappa shape index (κ1) is 29.1. The molecule has 5 rings (SSSR count). The average molecular weight is 573 g/mol. The molecular formula is C33H44N4O3Si. The van der Waals surface area contributed by atoms with Crippen LogP contribution in [0.25, 0.3) is 16.9 Å². The van der Waals surface area contributed by atoms with Crippen molar-refractivity contribution in [2.24, 2.45) is 0 Å². The van der Waals surface area contributed by atoms with Gasteiger partial charge in [-0.1, -0.05) is 69.0 Å². The number of nitrogens with zero attached hydrogens (tertiary/aromatic N) is 4. The van der Waals surface area contributed by atoms with Crippen molar-refractivity contribution in [1.82, 2.24) is 14.2 Å². The van der Waals surface area contributed by atoms with Crippen molar-refractivity contribution in [1.29, 1.82) is 0 Å². The normalized spacial score (nSPS) is 14.9. The molecule has 8 heteroatoms. The maximum absolute atomic E-state index is 14.4. The Morgan fingerprint density at radius 1 is 0.976 bits per heavy atom. The number of piperidine rings is 1. The van der Waals surface area contributed by atoms with Crippen molar-refractivity contribution in [3.8, 4) is 17.0 Å². The second kappa shape index (κ2) is 12.2. The Morgan fingerprint density at radius 2 is 1.66 bits per heavy atom. The largest absolute Gasteiger partial charge is 0.497 e. The second-order valence-electron chi connectivity index (χ2n) is 12.4. The van der Waals surface area contributed by atoms with Gasteiger partial charge in [-0.25, -0.2) is 0 Å². The van der Waals surface area contributed by atoms with Crippen LogP contribution in [-0.2, 0) is 11.5 Å². The van der Waals surface area contributed by atoms with Gasteiger partial charge in [-0.05, 0) is 49.9 Å². The molecule has 1 aliphatic heterocycles. The first-order chi connectivity index (χ1) is 19.7. The molecule has 0 N–H and O–H groups in total. The van der Waals surface area contributed by atoms with Gasteiger partial charge >= 0.3 is 0 Å². The Kier molecular flexibility index (Phi) is 8.70. The average Bonchev–Trinajstić information content (AvgIpc) is 3.38. The van der Waals surface area contributed by atoms with E-state index in [9.17, 15) is 4.79 Å². The van der Waals surface area contributed by atoms with E-state index in [2.05, 4.69) is 55.1 Å². The Bertz CT molecular complexity index is 1530. The third-order valence-corrected chi connectivity index (χ3v) is 10.00. The third kappa shape index (κ3) is 6.14. The number of methoxy groups -OCH3 is 1. The van der Waals surface area contributed by atoms with Gasteiger partial charge in [0.15, 0.2) is 5.65 Å². The van der Waals surface area contributed by atoms with Crippen LogP contribution in [0.15, 0.2) is 59.4 Å². The Morgan fingerprint density at radius 3 is 2.29 bits per heavy atom. The van der Waals surface area contributed by atoms with Crippen LogP contribution in [0.2, 0.25) is 25.7 Å². The van der Waals surface area contributed by atoms with E-state index in [1.54, 1.807) is 11.6 Å². The zero-order valence-electron chi connectivity index (χ0n) is 25.4. The van der Waals surface area contributed by atoms with Crippen molar-refractivity contribution in [3.05, 3.63) is 81.8 Å². The summed E-state index contributed by atoms with van der Waals surface area (Å²) in [6.07, 6.45) is 3.49. The lowest BCUT2D eigenvalue weighted by atomic mass is 9.92. The molecule has 0 bridgehead atoms. The highest BCUT2D eigenvalue weighted by molar-refractivity contribution is 6.76.